The molecule has 170 valence electrons. The fourth-order valence-corrected chi connectivity index (χ4v) is 4.82. The fourth-order valence-electron chi connectivity index (χ4n) is 3.75. The van der Waals surface area contributed by atoms with Gasteiger partial charge in [-0.3, -0.25) is 19.6 Å². The van der Waals surface area contributed by atoms with Crippen molar-refractivity contribution in [1.82, 2.24) is 4.90 Å². The summed E-state index contributed by atoms with van der Waals surface area (Å²) in [4.78, 5) is 27.6. The third-order valence-corrected chi connectivity index (χ3v) is 6.80. The first-order valence-electron chi connectivity index (χ1n) is 10.3. The molecule has 0 spiro atoms. The molecule has 1 heterocycles. The molecule has 33 heavy (non-hydrogen) atoms. The second-order valence-corrected chi connectivity index (χ2v) is 9.21. The largest absolute Gasteiger partial charge is 0.362 e. The predicted octanol–water partition coefficient (Wildman–Crippen LogP) is 3.36. The number of benzene rings is 3. The van der Waals surface area contributed by atoms with Crippen LogP contribution in [0.2, 0.25) is 0 Å². The zero-order valence-corrected chi connectivity index (χ0v) is 18.4. The van der Waals surface area contributed by atoms with Crippen LogP contribution in [0.1, 0.15) is 10.4 Å². The van der Waals surface area contributed by atoms with E-state index in [1.165, 1.54) is 24.3 Å². The van der Waals surface area contributed by atoms with Gasteiger partial charge in [-0.25, -0.2) is 8.42 Å². The van der Waals surface area contributed by atoms with E-state index < -0.39 is 14.9 Å². The zero-order chi connectivity index (χ0) is 23.4. The van der Waals surface area contributed by atoms with Gasteiger partial charge in [0.1, 0.15) is 5.69 Å². The van der Waals surface area contributed by atoms with Crippen molar-refractivity contribution in [3.63, 3.8) is 0 Å². The fraction of sp³-hybridized carbons (Fsp3) is 0.174. The summed E-state index contributed by atoms with van der Waals surface area (Å²) in [6, 6.07) is 20.9. The van der Waals surface area contributed by atoms with Crippen LogP contribution >= 0.6 is 0 Å². The normalized spacial score (nSPS) is 14.1. The van der Waals surface area contributed by atoms with Crippen LogP contribution in [0.3, 0.4) is 0 Å². The third-order valence-electron chi connectivity index (χ3n) is 5.40. The number of nitro groups is 1. The third kappa shape index (κ3) is 4.96. The molecule has 9 nitrogen and oxygen atoms in total. The maximum absolute atomic E-state index is 13.0. The van der Waals surface area contributed by atoms with Gasteiger partial charge in [0.05, 0.1) is 9.82 Å². The van der Waals surface area contributed by atoms with Gasteiger partial charge in [0.2, 0.25) is 0 Å². The van der Waals surface area contributed by atoms with E-state index in [-0.39, 0.29) is 16.5 Å². The molecule has 3 aromatic carbocycles. The Hall–Kier alpha value is -3.92. The van der Waals surface area contributed by atoms with Gasteiger partial charge in [-0.05, 0) is 36.4 Å². The zero-order valence-electron chi connectivity index (χ0n) is 17.6. The van der Waals surface area contributed by atoms with E-state index in [2.05, 4.69) is 4.72 Å². The van der Waals surface area contributed by atoms with Crippen LogP contribution in [0.4, 0.5) is 17.1 Å². The Balaban J connectivity index is 1.44. The van der Waals surface area contributed by atoms with Crippen molar-refractivity contribution >= 4 is 33.0 Å². The lowest BCUT2D eigenvalue weighted by atomic mass is 10.1. The minimum absolute atomic E-state index is 0.0377. The summed E-state index contributed by atoms with van der Waals surface area (Å²) in [5, 5.41) is 11.3. The molecule has 0 bridgehead atoms. The summed E-state index contributed by atoms with van der Waals surface area (Å²) in [6.45, 7) is 1.70. The van der Waals surface area contributed by atoms with Crippen LogP contribution in [0, 0.1) is 10.1 Å². The minimum Gasteiger partial charge on any atom is -0.362 e. The molecular weight excluding hydrogens is 444 g/mol. The summed E-state index contributed by atoms with van der Waals surface area (Å²) in [6.07, 6.45) is 0. The number of nitrogens with zero attached hydrogens (tertiary/aromatic N) is 3. The highest BCUT2D eigenvalue weighted by molar-refractivity contribution is 7.92. The molecule has 1 aliphatic rings. The number of carbonyl (C=O) groups excluding carboxylic acids is 1. The molecule has 1 amide bonds. The van der Waals surface area contributed by atoms with Gasteiger partial charge in [-0.1, -0.05) is 36.4 Å². The Bertz CT molecular complexity index is 1270. The first-order chi connectivity index (χ1) is 15.8. The molecule has 0 radical (unpaired) electrons. The number of piperazine rings is 1. The topological polar surface area (TPSA) is 113 Å². The lowest BCUT2D eigenvalue weighted by Gasteiger charge is -2.35. The maximum Gasteiger partial charge on any atom is 0.292 e. The first-order valence-corrected chi connectivity index (χ1v) is 11.8. The van der Waals surface area contributed by atoms with Crippen molar-refractivity contribution in [2.45, 2.75) is 4.90 Å². The monoisotopic (exact) mass is 466 g/mol. The molecule has 1 saturated heterocycles. The van der Waals surface area contributed by atoms with E-state index in [0.717, 1.165) is 0 Å². The molecular formula is C23H22N4O5S. The van der Waals surface area contributed by atoms with Crippen LogP contribution in [0.15, 0.2) is 83.8 Å². The van der Waals surface area contributed by atoms with Crippen LogP contribution in [0.25, 0.3) is 0 Å². The van der Waals surface area contributed by atoms with Crippen molar-refractivity contribution in [2.75, 3.05) is 35.8 Å². The van der Waals surface area contributed by atoms with Crippen molar-refractivity contribution in [3.05, 3.63) is 94.5 Å². The summed E-state index contributed by atoms with van der Waals surface area (Å²) in [5.41, 5.74) is 1.23. The highest BCUT2D eigenvalue weighted by Crippen LogP contribution is 2.28. The highest BCUT2D eigenvalue weighted by atomic mass is 32.2. The first kappa shape index (κ1) is 22.3. The summed E-state index contributed by atoms with van der Waals surface area (Å²) < 4.78 is 27.6. The molecule has 3 aromatic rings. The van der Waals surface area contributed by atoms with E-state index in [1.807, 2.05) is 4.90 Å². The second-order valence-electron chi connectivity index (χ2n) is 7.52. The van der Waals surface area contributed by atoms with Gasteiger partial charge in [-0.15, -0.1) is 0 Å². The number of anilines is 2. The van der Waals surface area contributed by atoms with E-state index in [1.54, 1.807) is 59.5 Å². The number of hydrogen-bond donors (Lipinski definition) is 1. The van der Waals surface area contributed by atoms with Crippen molar-refractivity contribution in [3.8, 4) is 0 Å². The van der Waals surface area contributed by atoms with Crippen molar-refractivity contribution in [1.29, 1.82) is 0 Å². The summed E-state index contributed by atoms with van der Waals surface area (Å²) in [7, 11) is -3.77. The number of amides is 1. The molecule has 4 rings (SSSR count). The summed E-state index contributed by atoms with van der Waals surface area (Å²) >= 11 is 0. The van der Waals surface area contributed by atoms with Crippen LogP contribution in [0.5, 0.6) is 0 Å². The van der Waals surface area contributed by atoms with Gasteiger partial charge < -0.3 is 9.80 Å². The van der Waals surface area contributed by atoms with E-state index in [0.29, 0.717) is 43.1 Å². The van der Waals surface area contributed by atoms with E-state index >= 15 is 0 Å². The van der Waals surface area contributed by atoms with Crippen LogP contribution in [-0.2, 0) is 10.0 Å². The number of para-hydroxylation sites is 2. The SMILES string of the molecule is O=C(c1cccc(NS(=O)(=O)c2ccccc2)c1)N1CCN(c2ccccc2[N+](=O)[O-])CC1. The van der Waals surface area contributed by atoms with Crippen LogP contribution < -0.4 is 9.62 Å². The molecule has 0 atom stereocenters. The van der Waals surface area contributed by atoms with Gasteiger partial charge in [0.25, 0.3) is 21.6 Å². The number of sulfonamides is 1. The number of nitro benzene ring substituents is 1. The molecule has 0 aliphatic carbocycles. The second kappa shape index (κ2) is 9.29. The highest BCUT2D eigenvalue weighted by Gasteiger charge is 2.26. The Morgan fingerprint density at radius 1 is 0.879 bits per heavy atom. The number of nitrogens with one attached hydrogen (secondary N) is 1. The molecule has 1 aliphatic heterocycles. The van der Waals surface area contributed by atoms with Crippen molar-refractivity contribution in [2.24, 2.45) is 0 Å². The number of rotatable bonds is 6. The standard InChI is InChI=1S/C23H22N4O5S/c28-23(26-15-13-25(14-16-26)21-11-4-5-12-22(21)27(29)30)18-7-6-8-19(17-18)24-33(31,32)20-9-2-1-3-10-20/h1-12,17,24H,13-16H2. The number of carbonyl (C=O) groups is 1. The van der Waals surface area contributed by atoms with Crippen LogP contribution in [-0.4, -0.2) is 50.3 Å². The predicted molar refractivity (Wildman–Crippen MR) is 125 cm³/mol. The van der Waals surface area contributed by atoms with Gasteiger partial charge >= 0.3 is 0 Å². The molecule has 0 aromatic heterocycles. The molecule has 1 fully saturated rings. The Morgan fingerprint density at radius 2 is 1.55 bits per heavy atom. The number of hydrogen-bond acceptors (Lipinski definition) is 6. The smallest absolute Gasteiger partial charge is 0.292 e. The Labute approximate surface area is 191 Å². The Morgan fingerprint density at radius 3 is 2.24 bits per heavy atom. The quantitative estimate of drug-likeness (QED) is 0.440. The van der Waals surface area contributed by atoms with Crippen molar-refractivity contribution < 1.29 is 18.1 Å². The van der Waals surface area contributed by atoms with E-state index in [9.17, 15) is 23.3 Å². The lowest BCUT2D eigenvalue weighted by molar-refractivity contribution is -0.384. The van der Waals surface area contributed by atoms with Gasteiger partial charge in [0.15, 0.2) is 0 Å². The molecule has 10 heteroatoms. The molecule has 0 saturated carbocycles. The Kier molecular flexibility index (Phi) is 6.27. The average molecular weight is 467 g/mol. The summed E-state index contributed by atoms with van der Waals surface area (Å²) in [5.74, 6) is -0.224. The molecule has 0 unspecified atom stereocenters. The maximum atomic E-state index is 13.0. The average Bonchev–Trinajstić information content (AvgIpc) is 2.84. The van der Waals surface area contributed by atoms with Gasteiger partial charge in [0, 0.05) is 43.5 Å². The minimum atomic E-state index is -3.77. The van der Waals surface area contributed by atoms with E-state index in [4.69, 9.17) is 0 Å². The lowest BCUT2D eigenvalue weighted by Crippen LogP contribution is -2.49. The molecule has 1 N–H and O–H groups in total. The van der Waals surface area contributed by atoms with Gasteiger partial charge in [-0.2, -0.15) is 0 Å².